The first-order valence-electron chi connectivity index (χ1n) is 7.93. The van der Waals surface area contributed by atoms with Gasteiger partial charge in [-0.2, -0.15) is 0 Å². The van der Waals surface area contributed by atoms with E-state index in [0.29, 0.717) is 11.5 Å². The quantitative estimate of drug-likeness (QED) is 0.817. The number of aryl methyl sites for hydroxylation is 1. The Morgan fingerprint density at radius 2 is 2.11 bits per heavy atom. The minimum absolute atomic E-state index is 0.458. The topological polar surface area (TPSA) is 29.9 Å². The molecule has 0 radical (unpaired) electrons. The number of hydrogen-bond donors (Lipinski definition) is 1. The lowest BCUT2D eigenvalue weighted by Crippen LogP contribution is -2.44. The summed E-state index contributed by atoms with van der Waals surface area (Å²) in [6.07, 6.45) is 11.8. The van der Waals surface area contributed by atoms with E-state index in [4.69, 9.17) is 0 Å². The average molecular weight is 263 g/mol. The fourth-order valence-corrected chi connectivity index (χ4v) is 3.42. The van der Waals surface area contributed by atoms with E-state index in [2.05, 4.69) is 41.8 Å². The van der Waals surface area contributed by atoms with Crippen molar-refractivity contribution in [2.75, 3.05) is 6.54 Å². The van der Waals surface area contributed by atoms with Crippen LogP contribution in [0.15, 0.2) is 12.4 Å². The molecule has 1 heterocycles. The largest absolute Gasteiger partial charge is 0.335 e. The number of hydrogen-bond acceptors (Lipinski definition) is 2. The molecule has 0 amide bonds. The summed E-state index contributed by atoms with van der Waals surface area (Å²) in [5.41, 5.74) is 0.458. The van der Waals surface area contributed by atoms with Crippen LogP contribution in [0.1, 0.15) is 58.7 Å². The van der Waals surface area contributed by atoms with Crippen LogP contribution >= 0.6 is 0 Å². The predicted octanol–water partition coefficient (Wildman–Crippen LogP) is 3.39. The molecule has 1 aromatic rings. The normalized spacial score (nSPS) is 19.7. The predicted molar refractivity (Wildman–Crippen MR) is 80.3 cm³/mol. The zero-order valence-corrected chi connectivity index (χ0v) is 12.8. The highest BCUT2D eigenvalue weighted by molar-refractivity contribution is 5.01. The van der Waals surface area contributed by atoms with E-state index >= 15 is 0 Å². The Bertz CT molecular complexity index is 377. The summed E-state index contributed by atoms with van der Waals surface area (Å²) in [4.78, 5) is 4.56. The molecule has 1 unspecified atom stereocenters. The molecule has 3 heteroatoms. The van der Waals surface area contributed by atoms with Gasteiger partial charge in [-0.25, -0.2) is 4.98 Å². The molecule has 19 heavy (non-hydrogen) atoms. The van der Waals surface area contributed by atoms with Crippen LogP contribution in [-0.4, -0.2) is 22.1 Å². The number of rotatable bonds is 7. The molecule has 1 atom stereocenters. The number of nitrogens with zero attached hydrogens (tertiary/aromatic N) is 2. The maximum Gasteiger partial charge on any atom is 0.110 e. The van der Waals surface area contributed by atoms with Gasteiger partial charge < -0.3 is 9.88 Å². The van der Waals surface area contributed by atoms with E-state index in [9.17, 15) is 0 Å². The van der Waals surface area contributed by atoms with Crippen LogP contribution in [-0.2, 0) is 13.0 Å². The summed E-state index contributed by atoms with van der Waals surface area (Å²) in [5.74, 6) is 1.24. The van der Waals surface area contributed by atoms with Crippen molar-refractivity contribution in [3.8, 4) is 0 Å². The third kappa shape index (κ3) is 3.38. The van der Waals surface area contributed by atoms with E-state index < -0.39 is 0 Å². The Hall–Kier alpha value is -0.830. The van der Waals surface area contributed by atoms with Crippen molar-refractivity contribution in [3.63, 3.8) is 0 Å². The van der Waals surface area contributed by atoms with Crippen molar-refractivity contribution in [1.82, 2.24) is 14.9 Å². The second-order valence-corrected chi connectivity index (χ2v) is 6.20. The number of aromatic nitrogens is 2. The fraction of sp³-hybridized carbons (Fsp3) is 0.812. The molecule has 3 nitrogen and oxygen atoms in total. The molecule has 2 rings (SSSR count). The van der Waals surface area contributed by atoms with Crippen LogP contribution in [0.4, 0.5) is 0 Å². The smallest absolute Gasteiger partial charge is 0.110 e. The average Bonchev–Trinajstić information content (AvgIpc) is 3.03. The van der Waals surface area contributed by atoms with E-state index in [-0.39, 0.29) is 0 Å². The second kappa shape index (κ2) is 6.56. The molecule has 0 bridgehead atoms. The summed E-state index contributed by atoms with van der Waals surface area (Å²) >= 11 is 0. The number of nitrogens with one attached hydrogen (secondary N) is 1. The van der Waals surface area contributed by atoms with Gasteiger partial charge in [0.2, 0.25) is 0 Å². The first kappa shape index (κ1) is 14.6. The van der Waals surface area contributed by atoms with Gasteiger partial charge in [0.05, 0.1) is 0 Å². The minimum atomic E-state index is 0.458. The van der Waals surface area contributed by atoms with Gasteiger partial charge in [0.15, 0.2) is 0 Å². The Labute approximate surface area is 117 Å². The highest BCUT2D eigenvalue weighted by Gasteiger charge is 2.37. The first-order chi connectivity index (χ1) is 9.19. The van der Waals surface area contributed by atoms with Gasteiger partial charge in [0.1, 0.15) is 5.82 Å². The Balaban J connectivity index is 2.09. The zero-order valence-electron chi connectivity index (χ0n) is 12.8. The Morgan fingerprint density at radius 3 is 2.74 bits per heavy atom. The Morgan fingerprint density at radius 1 is 1.37 bits per heavy atom. The van der Waals surface area contributed by atoms with Crippen molar-refractivity contribution in [3.05, 3.63) is 18.2 Å². The minimum Gasteiger partial charge on any atom is -0.335 e. The van der Waals surface area contributed by atoms with Gasteiger partial charge in [0, 0.05) is 31.4 Å². The first-order valence-corrected chi connectivity index (χ1v) is 7.93. The van der Waals surface area contributed by atoms with Crippen molar-refractivity contribution in [2.24, 2.45) is 5.41 Å². The number of imidazole rings is 1. The molecule has 1 N–H and O–H groups in total. The third-order valence-corrected chi connectivity index (χ3v) is 4.76. The van der Waals surface area contributed by atoms with Crippen LogP contribution in [0.5, 0.6) is 0 Å². The maximum absolute atomic E-state index is 4.56. The molecule has 108 valence electrons. The van der Waals surface area contributed by atoms with E-state index in [0.717, 1.165) is 19.5 Å². The molecule has 0 aliphatic heterocycles. The molecular weight excluding hydrogens is 234 g/mol. The lowest BCUT2D eigenvalue weighted by atomic mass is 9.79. The Kier molecular flexibility index (Phi) is 5.03. The second-order valence-electron chi connectivity index (χ2n) is 6.20. The molecule has 1 aromatic heterocycles. The summed E-state index contributed by atoms with van der Waals surface area (Å²) in [6, 6.07) is 0.572. The van der Waals surface area contributed by atoms with E-state index in [1.807, 2.05) is 6.20 Å². The van der Waals surface area contributed by atoms with Gasteiger partial charge in [-0.05, 0) is 38.1 Å². The molecule has 0 aromatic carbocycles. The van der Waals surface area contributed by atoms with Gasteiger partial charge in [-0.15, -0.1) is 0 Å². The zero-order chi connectivity index (χ0) is 13.7. The lowest BCUT2D eigenvalue weighted by molar-refractivity contribution is 0.216. The van der Waals surface area contributed by atoms with Crippen molar-refractivity contribution >= 4 is 0 Å². The lowest BCUT2D eigenvalue weighted by Gasteiger charge is -2.35. The van der Waals surface area contributed by atoms with Crippen LogP contribution < -0.4 is 5.32 Å². The third-order valence-electron chi connectivity index (χ3n) is 4.76. The molecule has 0 saturated heterocycles. The van der Waals surface area contributed by atoms with Gasteiger partial charge in [0.25, 0.3) is 0 Å². The van der Waals surface area contributed by atoms with Gasteiger partial charge >= 0.3 is 0 Å². The van der Waals surface area contributed by atoms with Crippen LogP contribution in [0, 0.1) is 5.41 Å². The van der Waals surface area contributed by atoms with Crippen molar-refractivity contribution < 1.29 is 0 Å². The summed E-state index contributed by atoms with van der Waals surface area (Å²) in [7, 11) is 0. The van der Waals surface area contributed by atoms with E-state index in [1.165, 1.54) is 37.9 Å². The van der Waals surface area contributed by atoms with Crippen LogP contribution in [0.3, 0.4) is 0 Å². The summed E-state index contributed by atoms with van der Waals surface area (Å²) in [5, 5.41) is 3.79. The molecule has 0 spiro atoms. The highest BCUT2D eigenvalue weighted by Crippen LogP contribution is 2.41. The standard InChI is InChI=1S/C16H29N3/c1-4-10-17-14(16(3)8-6-7-9-16)13-15-18-11-12-19(15)5-2/h11-12,14,17H,4-10,13H2,1-3H3. The molecular formula is C16H29N3. The monoisotopic (exact) mass is 263 g/mol. The molecule has 1 aliphatic carbocycles. The van der Waals surface area contributed by atoms with Crippen LogP contribution in [0.2, 0.25) is 0 Å². The highest BCUT2D eigenvalue weighted by atomic mass is 15.1. The van der Waals surface area contributed by atoms with Gasteiger partial charge in [-0.1, -0.05) is 26.7 Å². The maximum atomic E-state index is 4.56. The van der Waals surface area contributed by atoms with Crippen molar-refractivity contribution in [1.29, 1.82) is 0 Å². The molecule has 1 fully saturated rings. The van der Waals surface area contributed by atoms with Gasteiger partial charge in [-0.3, -0.25) is 0 Å². The SMILES string of the molecule is CCCNC(Cc1nccn1CC)C1(C)CCCC1. The van der Waals surface area contributed by atoms with Crippen LogP contribution in [0.25, 0.3) is 0 Å². The fourth-order valence-electron chi connectivity index (χ4n) is 3.42. The summed E-state index contributed by atoms with van der Waals surface area (Å²) in [6.45, 7) is 9.04. The molecule has 1 saturated carbocycles. The summed E-state index contributed by atoms with van der Waals surface area (Å²) < 4.78 is 2.28. The van der Waals surface area contributed by atoms with E-state index in [1.54, 1.807) is 0 Å². The molecule has 1 aliphatic rings. The van der Waals surface area contributed by atoms with Crippen molar-refractivity contribution in [2.45, 2.75) is 71.9 Å².